The second-order valence-electron chi connectivity index (χ2n) is 6.37. The highest BCUT2D eigenvalue weighted by atomic mass is 32.1. The lowest BCUT2D eigenvalue weighted by Crippen LogP contribution is -2.47. The summed E-state index contributed by atoms with van der Waals surface area (Å²) in [6.07, 6.45) is 5.37. The van der Waals surface area contributed by atoms with Gasteiger partial charge < -0.3 is 15.4 Å². The van der Waals surface area contributed by atoms with Crippen molar-refractivity contribution in [3.05, 3.63) is 35.2 Å². The van der Waals surface area contributed by atoms with Crippen molar-refractivity contribution in [2.75, 3.05) is 13.6 Å². The van der Waals surface area contributed by atoms with Crippen molar-refractivity contribution in [1.29, 1.82) is 0 Å². The van der Waals surface area contributed by atoms with Gasteiger partial charge in [0.15, 0.2) is 5.96 Å². The van der Waals surface area contributed by atoms with Crippen molar-refractivity contribution in [3.63, 3.8) is 0 Å². The van der Waals surface area contributed by atoms with E-state index in [-0.39, 0.29) is 0 Å². The van der Waals surface area contributed by atoms with Gasteiger partial charge >= 0.3 is 0 Å². The summed E-state index contributed by atoms with van der Waals surface area (Å²) >= 11 is 1.82. The van der Waals surface area contributed by atoms with Gasteiger partial charge in [-0.3, -0.25) is 4.99 Å². The molecule has 1 aromatic carbocycles. The number of aliphatic imine (C=N–C) groups is 1. The van der Waals surface area contributed by atoms with Crippen LogP contribution >= 0.6 is 11.3 Å². The molecule has 2 saturated heterocycles. The number of ether oxygens (including phenoxy) is 1. The van der Waals surface area contributed by atoms with Gasteiger partial charge in [-0.1, -0.05) is 18.2 Å². The molecule has 2 aromatic rings. The average Bonchev–Trinajstić information content (AvgIpc) is 3.29. The topological polar surface area (TPSA) is 45.7 Å². The van der Waals surface area contributed by atoms with Gasteiger partial charge in [-0.05, 0) is 48.1 Å². The Morgan fingerprint density at radius 2 is 2.26 bits per heavy atom. The van der Waals surface area contributed by atoms with Crippen LogP contribution in [0.1, 0.15) is 24.8 Å². The first kappa shape index (κ1) is 15.0. The third kappa shape index (κ3) is 3.08. The van der Waals surface area contributed by atoms with Crippen LogP contribution in [0.5, 0.6) is 0 Å². The summed E-state index contributed by atoms with van der Waals surface area (Å²) in [5.74, 6) is 0.894. The Labute approximate surface area is 140 Å². The van der Waals surface area contributed by atoms with Crippen molar-refractivity contribution < 1.29 is 4.74 Å². The standard InChI is InChI=1S/C18H23N3OS/c1-19-18(21-15-10-13-6-7-16(15)22-13)20-9-8-12-11-23-17-5-3-2-4-14(12)17/h2-5,11,13,15-16H,6-10H2,1H3,(H2,19,20,21). The molecule has 3 heterocycles. The molecule has 1 aromatic heterocycles. The smallest absolute Gasteiger partial charge is 0.191 e. The molecular weight excluding hydrogens is 306 g/mol. The lowest BCUT2D eigenvalue weighted by molar-refractivity contribution is 0.0992. The van der Waals surface area contributed by atoms with E-state index in [9.17, 15) is 0 Å². The summed E-state index contributed by atoms with van der Waals surface area (Å²) in [7, 11) is 1.84. The molecule has 2 fully saturated rings. The predicted molar refractivity (Wildman–Crippen MR) is 96.3 cm³/mol. The molecule has 0 saturated carbocycles. The minimum Gasteiger partial charge on any atom is -0.373 e. The zero-order chi connectivity index (χ0) is 15.6. The van der Waals surface area contributed by atoms with Crippen molar-refractivity contribution in [3.8, 4) is 0 Å². The number of fused-ring (bicyclic) bond motifs is 3. The minimum atomic E-state index is 0.374. The number of thiophene rings is 1. The first-order chi connectivity index (χ1) is 11.3. The zero-order valence-corrected chi connectivity index (χ0v) is 14.2. The van der Waals surface area contributed by atoms with Gasteiger partial charge in [0, 0.05) is 18.3 Å². The zero-order valence-electron chi connectivity index (χ0n) is 13.4. The lowest BCUT2D eigenvalue weighted by Gasteiger charge is -2.22. The molecule has 23 heavy (non-hydrogen) atoms. The quantitative estimate of drug-likeness (QED) is 0.670. The Balaban J connectivity index is 1.31. The average molecular weight is 329 g/mol. The molecule has 4 rings (SSSR count). The van der Waals surface area contributed by atoms with Gasteiger partial charge in [0.25, 0.3) is 0 Å². The van der Waals surface area contributed by atoms with Crippen molar-refractivity contribution in [2.24, 2.45) is 4.99 Å². The fourth-order valence-corrected chi connectivity index (χ4v) is 4.70. The van der Waals surface area contributed by atoms with Crippen molar-refractivity contribution >= 4 is 27.4 Å². The van der Waals surface area contributed by atoms with Crippen molar-refractivity contribution in [1.82, 2.24) is 10.6 Å². The van der Waals surface area contributed by atoms with Gasteiger partial charge in [-0.15, -0.1) is 11.3 Å². The Kier molecular flexibility index (Phi) is 4.23. The number of rotatable bonds is 4. The normalized spacial score (nSPS) is 26.8. The predicted octanol–water partition coefficient (Wildman–Crippen LogP) is 2.93. The molecule has 2 N–H and O–H groups in total. The van der Waals surface area contributed by atoms with E-state index in [1.165, 1.54) is 28.5 Å². The molecule has 0 amide bonds. The Morgan fingerprint density at radius 1 is 1.35 bits per heavy atom. The summed E-state index contributed by atoms with van der Waals surface area (Å²) in [6, 6.07) is 9.03. The SMILES string of the molecule is CN=C(NCCc1csc2ccccc12)NC1CC2CCC1O2. The number of nitrogens with zero attached hydrogens (tertiary/aromatic N) is 1. The molecule has 0 aliphatic carbocycles. The Hall–Kier alpha value is -1.59. The summed E-state index contributed by atoms with van der Waals surface area (Å²) in [4.78, 5) is 4.36. The van der Waals surface area contributed by atoms with E-state index < -0.39 is 0 Å². The highest BCUT2D eigenvalue weighted by Gasteiger charge is 2.41. The number of hydrogen-bond acceptors (Lipinski definition) is 3. The number of hydrogen-bond donors (Lipinski definition) is 2. The van der Waals surface area contributed by atoms with Gasteiger partial charge in [0.1, 0.15) is 0 Å². The monoisotopic (exact) mass is 329 g/mol. The van der Waals surface area contributed by atoms with Crippen LogP contribution in [-0.2, 0) is 11.2 Å². The third-order valence-corrected chi connectivity index (χ3v) is 5.91. The number of nitrogens with one attached hydrogen (secondary N) is 2. The highest BCUT2D eigenvalue weighted by Crippen LogP contribution is 2.34. The van der Waals surface area contributed by atoms with E-state index >= 15 is 0 Å². The molecule has 0 radical (unpaired) electrons. The van der Waals surface area contributed by atoms with Crippen LogP contribution in [0.25, 0.3) is 10.1 Å². The molecule has 3 atom stereocenters. The molecule has 0 spiro atoms. The second-order valence-corrected chi connectivity index (χ2v) is 7.28. The fraction of sp³-hybridized carbons (Fsp3) is 0.500. The Bertz CT molecular complexity index is 711. The summed E-state index contributed by atoms with van der Waals surface area (Å²) in [5.41, 5.74) is 1.41. The first-order valence-electron chi connectivity index (χ1n) is 8.41. The lowest BCUT2D eigenvalue weighted by atomic mass is 9.96. The molecule has 2 bridgehead atoms. The molecule has 3 unspecified atom stereocenters. The highest BCUT2D eigenvalue weighted by molar-refractivity contribution is 7.17. The van der Waals surface area contributed by atoms with E-state index in [4.69, 9.17) is 4.74 Å². The third-order valence-electron chi connectivity index (χ3n) is 4.90. The van der Waals surface area contributed by atoms with Crippen molar-refractivity contribution in [2.45, 2.75) is 43.9 Å². The molecule has 2 aliphatic heterocycles. The maximum Gasteiger partial charge on any atom is 0.191 e. The second kappa shape index (κ2) is 6.49. The molecule has 2 aliphatic rings. The number of benzene rings is 1. The van der Waals surface area contributed by atoms with E-state index in [1.807, 2.05) is 18.4 Å². The maximum absolute atomic E-state index is 5.90. The van der Waals surface area contributed by atoms with Crippen LogP contribution in [0.15, 0.2) is 34.6 Å². The van der Waals surface area contributed by atoms with Gasteiger partial charge in [0.2, 0.25) is 0 Å². The summed E-state index contributed by atoms with van der Waals surface area (Å²) in [6.45, 7) is 0.891. The van der Waals surface area contributed by atoms with Crippen LogP contribution in [-0.4, -0.2) is 37.8 Å². The minimum absolute atomic E-state index is 0.374. The van der Waals surface area contributed by atoms with E-state index in [0.717, 1.165) is 25.3 Å². The van der Waals surface area contributed by atoms with Gasteiger partial charge in [-0.25, -0.2) is 0 Å². The van der Waals surface area contributed by atoms with Crippen LogP contribution in [0.2, 0.25) is 0 Å². The molecule has 122 valence electrons. The van der Waals surface area contributed by atoms with E-state index in [0.29, 0.717) is 18.2 Å². The van der Waals surface area contributed by atoms with Gasteiger partial charge in [-0.2, -0.15) is 0 Å². The van der Waals surface area contributed by atoms with Crippen LogP contribution in [0, 0.1) is 0 Å². The summed E-state index contributed by atoms with van der Waals surface area (Å²) < 4.78 is 7.26. The molecular formula is C18H23N3OS. The number of guanidine groups is 1. The largest absolute Gasteiger partial charge is 0.373 e. The van der Waals surface area contributed by atoms with Crippen LogP contribution in [0.3, 0.4) is 0 Å². The summed E-state index contributed by atoms with van der Waals surface area (Å²) in [5, 5.41) is 10.6. The van der Waals surface area contributed by atoms with Crippen LogP contribution < -0.4 is 10.6 Å². The molecule has 5 heteroatoms. The van der Waals surface area contributed by atoms with Crippen LogP contribution in [0.4, 0.5) is 0 Å². The first-order valence-corrected chi connectivity index (χ1v) is 9.29. The molecule has 4 nitrogen and oxygen atoms in total. The Morgan fingerprint density at radius 3 is 3.04 bits per heavy atom. The fourth-order valence-electron chi connectivity index (χ4n) is 3.70. The van der Waals surface area contributed by atoms with E-state index in [1.54, 1.807) is 0 Å². The maximum atomic E-state index is 5.90. The van der Waals surface area contributed by atoms with Gasteiger partial charge in [0.05, 0.1) is 18.2 Å². The van der Waals surface area contributed by atoms with E-state index in [2.05, 4.69) is 45.3 Å².